The van der Waals surface area contributed by atoms with Crippen LogP contribution in [0.5, 0.6) is 11.5 Å². The van der Waals surface area contributed by atoms with Crippen molar-refractivity contribution in [1.82, 2.24) is 4.90 Å². The van der Waals surface area contributed by atoms with Crippen LogP contribution in [0.2, 0.25) is 0 Å². The molecule has 0 aliphatic carbocycles. The van der Waals surface area contributed by atoms with Crippen LogP contribution in [-0.4, -0.2) is 39.3 Å². The van der Waals surface area contributed by atoms with E-state index in [2.05, 4.69) is 65.1 Å². The number of likely N-dealkylation sites (N-methyl/N-ethyl adjacent to an activating group) is 1. The Morgan fingerprint density at radius 2 is 1.96 bits per heavy atom. The lowest BCUT2D eigenvalue weighted by Gasteiger charge is -2.24. The molecule has 0 unspecified atom stereocenters. The number of halogens is 1. The van der Waals surface area contributed by atoms with E-state index in [1.165, 1.54) is 22.3 Å². The summed E-state index contributed by atoms with van der Waals surface area (Å²) in [7, 11) is 5.58. The highest BCUT2D eigenvalue weighted by Gasteiger charge is 2.27. The highest BCUT2D eigenvalue weighted by atomic mass is 79.9. The zero-order valence-corrected chi connectivity index (χ0v) is 16.3. The second-order valence-electron chi connectivity index (χ2n) is 6.47. The molecule has 0 aromatic heterocycles. The first-order valence-corrected chi connectivity index (χ1v) is 9.02. The number of aryl methyl sites for hydroxylation is 1. The fraction of sp³-hybridized carbons (Fsp3) is 0.400. The summed E-state index contributed by atoms with van der Waals surface area (Å²) in [5.41, 5.74) is 5.29. The zero-order chi connectivity index (χ0) is 17.3. The summed E-state index contributed by atoms with van der Waals surface area (Å²) in [5.74, 6) is 1.89. The molecule has 4 heteroatoms. The average Bonchev–Trinajstić information content (AvgIpc) is 2.74. The van der Waals surface area contributed by atoms with Crippen LogP contribution in [0.1, 0.15) is 28.2 Å². The van der Waals surface area contributed by atoms with E-state index in [1.54, 1.807) is 14.2 Å². The number of rotatable bonds is 3. The molecule has 0 N–H and O–H groups in total. The molecule has 0 saturated carbocycles. The highest BCUT2D eigenvalue weighted by Crippen LogP contribution is 2.44. The number of nitrogens with zero attached hydrogens (tertiary/aromatic N) is 1. The SMILES string of the molecule is COc1cc2c(c(Br)c1OC)CCN(C)C[C@@H]2c1cccc(C)c1. The number of hydrogen-bond acceptors (Lipinski definition) is 3. The van der Waals surface area contributed by atoms with Crippen molar-refractivity contribution in [1.29, 1.82) is 0 Å². The minimum absolute atomic E-state index is 0.323. The van der Waals surface area contributed by atoms with Crippen LogP contribution in [0.3, 0.4) is 0 Å². The molecule has 3 rings (SSSR count). The molecule has 0 spiro atoms. The van der Waals surface area contributed by atoms with Crippen LogP contribution in [0.15, 0.2) is 34.8 Å². The van der Waals surface area contributed by atoms with Crippen molar-refractivity contribution in [3.63, 3.8) is 0 Å². The van der Waals surface area contributed by atoms with Crippen LogP contribution in [0.4, 0.5) is 0 Å². The van der Waals surface area contributed by atoms with Crippen LogP contribution < -0.4 is 9.47 Å². The summed E-state index contributed by atoms with van der Waals surface area (Å²) in [6.07, 6.45) is 0.995. The van der Waals surface area contributed by atoms with Gasteiger partial charge in [0.05, 0.1) is 18.7 Å². The molecule has 0 radical (unpaired) electrons. The van der Waals surface area contributed by atoms with E-state index in [0.29, 0.717) is 5.92 Å². The van der Waals surface area contributed by atoms with Crippen LogP contribution in [-0.2, 0) is 6.42 Å². The van der Waals surface area contributed by atoms with E-state index >= 15 is 0 Å². The number of ether oxygens (including phenoxy) is 2. The fourth-order valence-corrected chi connectivity index (χ4v) is 4.33. The molecule has 24 heavy (non-hydrogen) atoms. The maximum atomic E-state index is 5.59. The molecule has 128 valence electrons. The van der Waals surface area contributed by atoms with Gasteiger partial charge in [0.25, 0.3) is 0 Å². The van der Waals surface area contributed by atoms with Gasteiger partial charge in [-0.25, -0.2) is 0 Å². The lowest BCUT2D eigenvalue weighted by Crippen LogP contribution is -2.24. The van der Waals surface area contributed by atoms with Crippen molar-refractivity contribution >= 4 is 15.9 Å². The molecular weight excluding hydrogens is 366 g/mol. The number of hydrogen-bond donors (Lipinski definition) is 0. The minimum Gasteiger partial charge on any atom is -0.493 e. The van der Waals surface area contributed by atoms with Gasteiger partial charge in [0.15, 0.2) is 11.5 Å². The van der Waals surface area contributed by atoms with Crippen molar-refractivity contribution in [3.8, 4) is 11.5 Å². The van der Waals surface area contributed by atoms with Gasteiger partial charge in [0, 0.05) is 19.0 Å². The Kier molecular flexibility index (Phi) is 5.16. The third kappa shape index (κ3) is 3.17. The van der Waals surface area contributed by atoms with E-state index in [-0.39, 0.29) is 0 Å². The van der Waals surface area contributed by atoms with E-state index in [1.807, 2.05) is 0 Å². The Bertz CT molecular complexity index is 745. The first-order valence-electron chi connectivity index (χ1n) is 8.23. The Morgan fingerprint density at radius 3 is 2.62 bits per heavy atom. The lowest BCUT2D eigenvalue weighted by molar-refractivity contribution is 0.337. The molecule has 0 amide bonds. The van der Waals surface area contributed by atoms with Crippen molar-refractivity contribution in [3.05, 3.63) is 57.1 Å². The Balaban J connectivity index is 2.20. The van der Waals surface area contributed by atoms with Crippen molar-refractivity contribution < 1.29 is 9.47 Å². The average molecular weight is 390 g/mol. The van der Waals surface area contributed by atoms with Crippen LogP contribution >= 0.6 is 15.9 Å². The van der Waals surface area contributed by atoms with Gasteiger partial charge in [-0.2, -0.15) is 0 Å². The van der Waals surface area contributed by atoms with Gasteiger partial charge in [0.1, 0.15) is 0 Å². The largest absolute Gasteiger partial charge is 0.493 e. The van der Waals surface area contributed by atoms with Crippen molar-refractivity contribution in [2.75, 3.05) is 34.4 Å². The predicted molar refractivity (Wildman–Crippen MR) is 101 cm³/mol. The molecule has 1 aliphatic heterocycles. The Morgan fingerprint density at radius 1 is 1.17 bits per heavy atom. The molecule has 2 aromatic carbocycles. The summed E-state index contributed by atoms with van der Waals surface area (Å²) < 4.78 is 12.2. The second-order valence-corrected chi connectivity index (χ2v) is 7.27. The zero-order valence-electron chi connectivity index (χ0n) is 14.7. The third-order valence-corrected chi connectivity index (χ3v) is 5.64. The van der Waals surface area contributed by atoms with Gasteiger partial charge in [-0.05, 0) is 59.1 Å². The molecule has 0 saturated heterocycles. The van der Waals surface area contributed by atoms with Crippen molar-refractivity contribution in [2.45, 2.75) is 19.3 Å². The molecule has 2 aromatic rings. The monoisotopic (exact) mass is 389 g/mol. The first kappa shape index (κ1) is 17.3. The number of benzene rings is 2. The maximum Gasteiger partial charge on any atom is 0.175 e. The van der Waals surface area contributed by atoms with E-state index in [0.717, 1.165) is 35.5 Å². The molecule has 1 atom stereocenters. The van der Waals surface area contributed by atoms with Gasteiger partial charge in [0.2, 0.25) is 0 Å². The van der Waals surface area contributed by atoms with Gasteiger partial charge >= 0.3 is 0 Å². The smallest absolute Gasteiger partial charge is 0.175 e. The first-order chi connectivity index (χ1) is 11.5. The molecule has 3 nitrogen and oxygen atoms in total. The normalized spacial score (nSPS) is 18.0. The quantitative estimate of drug-likeness (QED) is 0.776. The van der Waals surface area contributed by atoms with Crippen LogP contribution in [0.25, 0.3) is 0 Å². The standard InChI is InChI=1S/C20H24BrNO2/c1-13-6-5-7-14(10-13)17-12-22(2)9-8-15-16(17)11-18(23-3)20(24-4)19(15)21/h5-7,10-11,17H,8-9,12H2,1-4H3/t17-/m1/s1. The maximum absolute atomic E-state index is 5.59. The number of fused-ring (bicyclic) bond motifs is 1. The summed E-state index contributed by atoms with van der Waals surface area (Å²) >= 11 is 3.76. The van der Waals surface area contributed by atoms with Crippen molar-refractivity contribution in [2.24, 2.45) is 0 Å². The van der Waals surface area contributed by atoms with E-state index in [4.69, 9.17) is 9.47 Å². The molecular formula is C20H24BrNO2. The Hall–Kier alpha value is -1.52. The summed E-state index contributed by atoms with van der Waals surface area (Å²) in [5, 5.41) is 0. The second kappa shape index (κ2) is 7.16. The lowest BCUT2D eigenvalue weighted by atomic mass is 9.87. The predicted octanol–water partition coefficient (Wildman–Crippen LogP) is 4.39. The fourth-order valence-electron chi connectivity index (χ4n) is 3.55. The van der Waals surface area contributed by atoms with Gasteiger partial charge in [-0.15, -0.1) is 0 Å². The topological polar surface area (TPSA) is 21.7 Å². The highest BCUT2D eigenvalue weighted by molar-refractivity contribution is 9.10. The van der Waals surface area contributed by atoms with Gasteiger partial charge in [-0.3, -0.25) is 0 Å². The van der Waals surface area contributed by atoms with Gasteiger partial charge in [-0.1, -0.05) is 29.8 Å². The third-order valence-electron chi connectivity index (χ3n) is 4.80. The van der Waals surface area contributed by atoms with Gasteiger partial charge < -0.3 is 14.4 Å². The summed E-state index contributed by atoms with van der Waals surface area (Å²) in [4.78, 5) is 2.40. The van der Waals surface area contributed by atoms with E-state index in [9.17, 15) is 0 Å². The summed E-state index contributed by atoms with van der Waals surface area (Å²) in [6, 6.07) is 11.0. The summed E-state index contributed by atoms with van der Waals surface area (Å²) in [6.45, 7) is 4.18. The van der Waals surface area contributed by atoms with E-state index < -0.39 is 0 Å². The number of methoxy groups -OCH3 is 2. The minimum atomic E-state index is 0.323. The van der Waals surface area contributed by atoms with Crippen LogP contribution in [0, 0.1) is 6.92 Å². The molecule has 1 heterocycles. The Labute approximate surface area is 152 Å². The molecule has 0 fully saturated rings. The molecule has 1 aliphatic rings. The molecule has 0 bridgehead atoms.